The standard InChI is InChI=1S/C16H18N6OS/c1-4-13(24-11-1)15-19-14(23-20-15)12-21-7-3-8-22(10-9-21)16-17-5-2-6-18-16/h1-2,4-6,11H,3,7-10,12H2. The van der Waals surface area contributed by atoms with Crippen LogP contribution in [0.15, 0.2) is 40.5 Å². The summed E-state index contributed by atoms with van der Waals surface area (Å²) >= 11 is 1.62. The Kier molecular flexibility index (Phi) is 4.48. The zero-order valence-corrected chi connectivity index (χ0v) is 14.0. The molecular weight excluding hydrogens is 324 g/mol. The van der Waals surface area contributed by atoms with Crippen LogP contribution in [0.5, 0.6) is 0 Å². The van der Waals surface area contributed by atoms with Gasteiger partial charge in [0.2, 0.25) is 17.7 Å². The lowest BCUT2D eigenvalue weighted by Crippen LogP contribution is -2.31. The fraction of sp³-hybridized carbons (Fsp3) is 0.375. The molecule has 3 aromatic rings. The van der Waals surface area contributed by atoms with Crippen molar-refractivity contribution >= 4 is 17.3 Å². The van der Waals surface area contributed by atoms with Crippen LogP contribution >= 0.6 is 11.3 Å². The van der Waals surface area contributed by atoms with E-state index in [1.165, 1.54) is 0 Å². The number of thiophene rings is 1. The molecule has 8 heteroatoms. The van der Waals surface area contributed by atoms with Crippen LogP contribution in [0.3, 0.4) is 0 Å². The second-order valence-corrected chi connectivity index (χ2v) is 6.60. The molecule has 0 aromatic carbocycles. The molecular formula is C16H18N6OS. The SMILES string of the molecule is c1cnc(N2CCCN(Cc3nc(-c4cccs4)no3)CC2)nc1. The molecule has 124 valence electrons. The van der Waals surface area contributed by atoms with E-state index in [0.717, 1.165) is 43.4 Å². The Morgan fingerprint density at radius 3 is 2.83 bits per heavy atom. The summed E-state index contributed by atoms with van der Waals surface area (Å²) in [7, 11) is 0. The van der Waals surface area contributed by atoms with Gasteiger partial charge in [-0.25, -0.2) is 9.97 Å². The Bertz CT molecular complexity index is 760. The maximum atomic E-state index is 5.41. The van der Waals surface area contributed by atoms with Crippen molar-refractivity contribution in [2.45, 2.75) is 13.0 Å². The van der Waals surface area contributed by atoms with E-state index < -0.39 is 0 Å². The molecule has 0 saturated carbocycles. The van der Waals surface area contributed by atoms with Crippen LogP contribution in [0, 0.1) is 0 Å². The van der Waals surface area contributed by atoms with Crippen molar-refractivity contribution in [2.24, 2.45) is 0 Å². The van der Waals surface area contributed by atoms with E-state index in [9.17, 15) is 0 Å². The van der Waals surface area contributed by atoms with Gasteiger partial charge in [0.05, 0.1) is 11.4 Å². The van der Waals surface area contributed by atoms with Gasteiger partial charge in [0.15, 0.2) is 0 Å². The highest BCUT2D eigenvalue weighted by molar-refractivity contribution is 7.13. The number of anilines is 1. The van der Waals surface area contributed by atoms with Gasteiger partial charge in [-0.1, -0.05) is 11.2 Å². The van der Waals surface area contributed by atoms with Gasteiger partial charge in [0, 0.05) is 38.6 Å². The Labute approximate surface area is 144 Å². The summed E-state index contributed by atoms with van der Waals surface area (Å²) in [5.41, 5.74) is 0. The predicted molar refractivity (Wildman–Crippen MR) is 91.8 cm³/mol. The fourth-order valence-corrected chi connectivity index (χ4v) is 3.45. The normalized spacial score (nSPS) is 16.2. The first kappa shape index (κ1) is 15.2. The van der Waals surface area contributed by atoms with Gasteiger partial charge in [0.25, 0.3) is 0 Å². The van der Waals surface area contributed by atoms with E-state index >= 15 is 0 Å². The number of nitrogens with zero attached hydrogens (tertiary/aromatic N) is 6. The summed E-state index contributed by atoms with van der Waals surface area (Å²) in [5.74, 6) is 2.15. The molecule has 0 radical (unpaired) electrons. The molecule has 0 spiro atoms. The highest BCUT2D eigenvalue weighted by Crippen LogP contribution is 2.21. The lowest BCUT2D eigenvalue weighted by atomic mass is 10.4. The molecule has 0 atom stereocenters. The molecule has 1 fully saturated rings. The molecule has 24 heavy (non-hydrogen) atoms. The lowest BCUT2D eigenvalue weighted by Gasteiger charge is -2.20. The quantitative estimate of drug-likeness (QED) is 0.720. The monoisotopic (exact) mass is 342 g/mol. The molecule has 0 aliphatic carbocycles. The van der Waals surface area contributed by atoms with Crippen molar-refractivity contribution in [3.05, 3.63) is 41.9 Å². The first-order valence-electron chi connectivity index (χ1n) is 7.99. The number of hydrogen-bond acceptors (Lipinski definition) is 8. The van der Waals surface area contributed by atoms with Gasteiger partial charge in [-0.2, -0.15) is 4.98 Å². The largest absolute Gasteiger partial charge is 0.339 e. The van der Waals surface area contributed by atoms with Gasteiger partial charge in [-0.3, -0.25) is 4.90 Å². The minimum absolute atomic E-state index is 0.669. The summed E-state index contributed by atoms with van der Waals surface area (Å²) in [5, 5.41) is 6.09. The zero-order valence-electron chi connectivity index (χ0n) is 13.2. The molecule has 0 unspecified atom stereocenters. The highest BCUT2D eigenvalue weighted by Gasteiger charge is 2.19. The van der Waals surface area contributed by atoms with Crippen molar-refractivity contribution in [2.75, 3.05) is 31.1 Å². The second kappa shape index (κ2) is 7.06. The number of rotatable bonds is 4. The van der Waals surface area contributed by atoms with Gasteiger partial charge in [-0.05, 0) is 23.9 Å². The average molecular weight is 342 g/mol. The van der Waals surface area contributed by atoms with Crippen molar-refractivity contribution in [1.29, 1.82) is 0 Å². The molecule has 1 aliphatic rings. The van der Waals surface area contributed by atoms with E-state index in [2.05, 4.69) is 29.9 Å². The smallest absolute Gasteiger partial charge is 0.241 e. The molecule has 0 N–H and O–H groups in total. The number of hydrogen-bond donors (Lipinski definition) is 0. The fourth-order valence-electron chi connectivity index (χ4n) is 2.80. The number of aromatic nitrogens is 4. The van der Waals surface area contributed by atoms with Crippen molar-refractivity contribution < 1.29 is 4.52 Å². The minimum atomic E-state index is 0.669. The Morgan fingerprint density at radius 2 is 2.00 bits per heavy atom. The van der Waals surface area contributed by atoms with E-state index in [1.807, 2.05) is 23.6 Å². The maximum absolute atomic E-state index is 5.41. The first-order valence-corrected chi connectivity index (χ1v) is 8.87. The van der Waals surface area contributed by atoms with Crippen LogP contribution in [-0.4, -0.2) is 51.2 Å². The molecule has 7 nitrogen and oxygen atoms in total. The summed E-state index contributed by atoms with van der Waals surface area (Å²) in [6, 6.07) is 5.84. The lowest BCUT2D eigenvalue weighted by molar-refractivity contribution is 0.239. The molecule has 1 aliphatic heterocycles. The summed E-state index contributed by atoms with van der Waals surface area (Å²) < 4.78 is 5.41. The maximum Gasteiger partial charge on any atom is 0.241 e. The Balaban J connectivity index is 1.38. The molecule has 4 rings (SSSR count). The van der Waals surface area contributed by atoms with Crippen LogP contribution in [0.25, 0.3) is 10.7 Å². The van der Waals surface area contributed by atoms with Crippen LogP contribution in [0.1, 0.15) is 12.3 Å². The van der Waals surface area contributed by atoms with E-state index in [0.29, 0.717) is 18.3 Å². The van der Waals surface area contributed by atoms with Crippen LogP contribution in [0.2, 0.25) is 0 Å². The van der Waals surface area contributed by atoms with Gasteiger partial charge in [-0.15, -0.1) is 11.3 Å². The summed E-state index contributed by atoms with van der Waals surface area (Å²) in [6.07, 6.45) is 4.63. The third-order valence-corrected chi connectivity index (χ3v) is 4.86. The third kappa shape index (κ3) is 3.44. The van der Waals surface area contributed by atoms with Crippen LogP contribution < -0.4 is 4.90 Å². The van der Waals surface area contributed by atoms with E-state index in [4.69, 9.17) is 4.52 Å². The van der Waals surface area contributed by atoms with E-state index in [-0.39, 0.29) is 0 Å². The predicted octanol–water partition coefficient (Wildman–Crippen LogP) is 2.30. The Morgan fingerprint density at radius 1 is 1.08 bits per heavy atom. The highest BCUT2D eigenvalue weighted by atomic mass is 32.1. The second-order valence-electron chi connectivity index (χ2n) is 5.65. The van der Waals surface area contributed by atoms with Crippen molar-refractivity contribution in [3.63, 3.8) is 0 Å². The van der Waals surface area contributed by atoms with Crippen LogP contribution in [0.4, 0.5) is 5.95 Å². The zero-order chi connectivity index (χ0) is 16.2. The van der Waals surface area contributed by atoms with Gasteiger partial charge >= 0.3 is 0 Å². The van der Waals surface area contributed by atoms with Crippen molar-refractivity contribution in [3.8, 4) is 10.7 Å². The minimum Gasteiger partial charge on any atom is -0.339 e. The third-order valence-electron chi connectivity index (χ3n) is 3.99. The Hall–Kier alpha value is -2.32. The average Bonchev–Trinajstić information content (AvgIpc) is 3.25. The summed E-state index contributed by atoms with van der Waals surface area (Å²) in [6.45, 7) is 4.47. The van der Waals surface area contributed by atoms with Crippen molar-refractivity contribution in [1.82, 2.24) is 25.0 Å². The molecule has 1 saturated heterocycles. The first-order chi connectivity index (χ1) is 11.9. The van der Waals surface area contributed by atoms with Gasteiger partial charge in [0.1, 0.15) is 0 Å². The van der Waals surface area contributed by atoms with E-state index in [1.54, 1.807) is 23.7 Å². The van der Waals surface area contributed by atoms with Crippen LogP contribution in [-0.2, 0) is 6.54 Å². The molecule has 0 amide bonds. The summed E-state index contributed by atoms with van der Waals surface area (Å²) in [4.78, 5) is 18.8. The molecule has 0 bridgehead atoms. The van der Waals surface area contributed by atoms with Gasteiger partial charge < -0.3 is 9.42 Å². The molecule has 4 heterocycles. The topological polar surface area (TPSA) is 71.2 Å². The molecule has 3 aromatic heterocycles.